The summed E-state index contributed by atoms with van der Waals surface area (Å²) in [7, 11) is -3.58. The van der Waals surface area contributed by atoms with Gasteiger partial charge in [-0.05, 0) is 55.3 Å². The Kier molecular flexibility index (Phi) is 7.62. The lowest BCUT2D eigenvalue weighted by molar-refractivity contribution is 0.607. The molecular weight excluding hydrogens is 448 g/mol. The van der Waals surface area contributed by atoms with E-state index in [1.54, 1.807) is 24.3 Å². The van der Waals surface area contributed by atoms with Crippen molar-refractivity contribution in [3.8, 4) is 23.3 Å². The Morgan fingerprint density at radius 3 is 2.03 bits per heavy atom. The Morgan fingerprint density at radius 2 is 1.50 bits per heavy atom. The van der Waals surface area contributed by atoms with Gasteiger partial charge < -0.3 is 4.90 Å². The summed E-state index contributed by atoms with van der Waals surface area (Å²) in [5.41, 5.74) is 3.45. The number of azo groups is 1. The first-order valence-electron chi connectivity index (χ1n) is 10.6. The third-order valence-corrected chi connectivity index (χ3v) is 5.71. The molecule has 3 aromatic carbocycles. The fourth-order valence-electron chi connectivity index (χ4n) is 3.49. The lowest BCUT2D eigenvalue weighted by atomic mass is 9.99. The fraction of sp³-hybridized carbons (Fsp3) is 0.200. The fourth-order valence-corrected chi connectivity index (χ4v) is 4.05. The molecule has 8 nitrogen and oxygen atoms in total. The largest absolute Gasteiger partial charge is 0.372 e. The summed E-state index contributed by atoms with van der Waals surface area (Å²) in [6, 6.07) is 22.1. The van der Waals surface area contributed by atoms with Crippen LogP contribution in [0.4, 0.5) is 22.7 Å². The van der Waals surface area contributed by atoms with Crippen LogP contribution >= 0.6 is 0 Å². The molecule has 0 radical (unpaired) electrons. The second-order valence-corrected chi connectivity index (χ2v) is 9.21. The van der Waals surface area contributed by atoms with E-state index in [-0.39, 0.29) is 28.2 Å². The molecule has 3 aromatic rings. The van der Waals surface area contributed by atoms with Crippen molar-refractivity contribution in [1.82, 2.24) is 0 Å². The highest BCUT2D eigenvalue weighted by Crippen LogP contribution is 2.35. The van der Waals surface area contributed by atoms with Crippen LogP contribution in [0.5, 0.6) is 0 Å². The van der Waals surface area contributed by atoms with Crippen molar-refractivity contribution in [3.63, 3.8) is 0 Å². The van der Waals surface area contributed by atoms with Gasteiger partial charge >= 0.3 is 0 Å². The standard InChI is InChI=1S/C25H24N6O2S/c1-4-31(5-2)22-11-12-23(24(15-22)30-34(3,32)33)28-29-25-20(16-26)13-19(14-21(25)17-27)18-9-7-6-8-10-18/h6-15,30H,4-5H2,1-3H3. The second kappa shape index (κ2) is 10.6. The van der Waals surface area contributed by atoms with E-state index in [1.807, 2.05) is 50.2 Å². The van der Waals surface area contributed by atoms with Gasteiger partial charge in [0, 0.05) is 18.8 Å². The zero-order valence-electron chi connectivity index (χ0n) is 19.1. The highest BCUT2D eigenvalue weighted by molar-refractivity contribution is 7.92. The highest BCUT2D eigenvalue weighted by atomic mass is 32.2. The minimum atomic E-state index is -3.58. The van der Waals surface area contributed by atoms with Gasteiger partial charge in [-0.3, -0.25) is 4.72 Å². The van der Waals surface area contributed by atoms with E-state index in [9.17, 15) is 18.9 Å². The van der Waals surface area contributed by atoms with Gasteiger partial charge in [-0.15, -0.1) is 10.2 Å². The Hall–Kier alpha value is -4.21. The van der Waals surface area contributed by atoms with Crippen LogP contribution in [0, 0.1) is 22.7 Å². The molecule has 0 fully saturated rings. The molecule has 0 unspecified atom stereocenters. The van der Waals surface area contributed by atoms with Crippen molar-refractivity contribution in [3.05, 3.63) is 71.8 Å². The maximum Gasteiger partial charge on any atom is 0.229 e. The van der Waals surface area contributed by atoms with Gasteiger partial charge in [-0.2, -0.15) is 10.5 Å². The molecule has 0 aromatic heterocycles. The summed E-state index contributed by atoms with van der Waals surface area (Å²) in [6.07, 6.45) is 1.06. The minimum absolute atomic E-state index is 0.128. The second-order valence-electron chi connectivity index (χ2n) is 7.46. The highest BCUT2D eigenvalue weighted by Gasteiger charge is 2.14. The molecule has 3 rings (SSSR count). The van der Waals surface area contributed by atoms with Crippen molar-refractivity contribution in [2.24, 2.45) is 10.2 Å². The molecule has 0 amide bonds. The van der Waals surface area contributed by atoms with Gasteiger partial charge in [0.05, 0.1) is 23.1 Å². The Bertz CT molecular complexity index is 1360. The van der Waals surface area contributed by atoms with Crippen molar-refractivity contribution in [2.75, 3.05) is 29.0 Å². The van der Waals surface area contributed by atoms with Crippen LogP contribution in [0.3, 0.4) is 0 Å². The number of anilines is 2. The molecule has 0 aliphatic carbocycles. The number of sulfonamides is 1. The first kappa shape index (κ1) is 24.4. The molecule has 0 saturated heterocycles. The molecule has 0 atom stereocenters. The van der Waals surface area contributed by atoms with E-state index in [0.717, 1.165) is 36.2 Å². The molecule has 0 aliphatic heterocycles. The number of hydrogen-bond donors (Lipinski definition) is 1. The number of nitrogens with one attached hydrogen (secondary N) is 1. The van der Waals surface area contributed by atoms with Crippen molar-refractivity contribution < 1.29 is 8.42 Å². The molecule has 0 heterocycles. The van der Waals surface area contributed by atoms with Crippen LogP contribution in [0.15, 0.2) is 70.9 Å². The summed E-state index contributed by atoms with van der Waals surface area (Å²) in [5.74, 6) is 0. The van der Waals surface area contributed by atoms with Crippen LogP contribution in [-0.2, 0) is 10.0 Å². The third kappa shape index (κ3) is 5.77. The lowest BCUT2D eigenvalue weighted by Crippen LogP contribution is -2.22. The number of hydrogen-bond acceptors (Lipinski definition) is 7. The van der Waals surface area contributed by atoms with Gasteiger partial charge in [-0.1, -0.05) is 30.3 Å². The lowest BCUT2D eigenvalue weighted by Gasteiger charge is -2.22. The van der Waals surface area contributed by atoms with E-state index in [4.69, 9.17) is 0 Å². The maximum atomic E-state index is 11.9. The van der Waals surface area contributed by atoms with E-state index in [2.05, 4.69) is 32.0 Å². The molecule has 9 heteroatoms. The normalized spacial score (nSPS) is 11.1. The zero-order valence-corrected chi connectivity index (χ0v) is 20.0. The molecule has 0 aliphatic rings. The van der Waals surface area contributed by atoms with Crippen molar-refractivity contribution >= 4 is 32.8 Å². The average molecular weight is 473 g/mol. The van der Waals surface area contributed by atoms with Crippen LogP contribution in [0.1, 0.15) is 25.0 Å². The summed E-state index contributed by atoms with van der Waals surface area (Å²) >= 11 is 0. The average Bonchev–Trinajstić information content (AvgIpc) is 2.83. The number of nitrogens with zero attached hydrogens (tertiary/aromatic N) is 5. The predicted octanol–water partition coefficient (Wildman–Crippen LogP) is 5.73. The Morgan fingerprint density at radius 1 is 0.882 bits per heavy atom. The first-order valence-corrected chi connectivity index (χ1v) is 12.5. The minimum Gasteiger partial charge on any atom is -0.372 e. The molecule has 34 heavy (non-hydrogen) atoms. The summed E-state index contributed by atoms with van der Waals surface area (Å²) in [6.45, 7) is 5.51. The van der Waals surface area contributed by atoms with Crippen LogP contribution in [-0.4, -0.2) is 27.8 Å². The predicted molar refractivity (Wildman–Crippen MR) is 134 cm³/mol. The summed E-state index contributed by atoms with van der Waals surface area (Å²) < 4.78 is 26.4. The number of benzene rings is 3. The van der Waals surface area contributed by atoms with E-state index in [1.165, 1.54) is 0 Å². The Balaban J connectivity index is 2.09. The zero-order chi connectivity index (χ0) is 24.7. The SMILES string of the molecule is CCN(CC)c1ccc(N=Nc2c(C#N)cc(-c3ccccc3)cc2C#N)c(NS(C)(=O)=O)c1. The van der Waals surface area contributed by atoms with Gasteiger partial charge in [0.1, 0.15) is 23.5 Å². The topological polar surface area (TPSA) is 122 Å². The number of nitriles is 2. The molecule has 0 spiro atoms. The van der Waals surface area contributed by atoms with Gasteiger partial charge in [0.25, 0.3) is 0 Å². The van der Waals surface area contributed by atoms with Gasteiger partial charge in [0.15, 0.2) is 0 Å². The van der Waals surface area contributed by atoms with Crippen molar-refractivity contribution in [1.29, 1.82) is 10.5 Å². The smallest absolute Gasteiger partial charge is 0.229 e. The maximum absolute atomic E-state index is 11.9. The molecule has 0 saturated carbocycles. The van der Waals surface area contributed by atoms with Crippen LogP contribution in [0.2, 0.25) is 0 Å². The quantitative estimate of drug-likeness (QED) is 0.420. The van der Waals surface area contributed by atoms with E-state index < -0.39 is 10.0 Å². The molecule has 172 valence electrons. The number of rotatable bonds is 8. The van der Waals surface area contributed by atoms with Crippen LogP contribution < -0.4 is 9.62 Å². The molecule has 0 bridgehead atoms. The van der Waals surface area contributed by atoms with E-state index >= 15 is 0 Å². The van der Waals surface area contributed by atoms with Crippen molar-refractivity contribution in [2.45, 2.75) is 13.8 Å². The summed E-state index contributed by atoms with van der Waals surface area (Å²) in [4.78, 5) is 2.07. The summed E-state index contributed by atoms with van der Waals surface area (Å²) in [5, 5.41) is 27.8. The van der Waals surface area contributed by atoms with Gasteiger partial charge in [-0.25, -0.2) is 8.42 Å². The van der Waals surface area contributed by atoms with Gasteiger partial charge in [0.2, 0.25) is 10.0 Å². The third-order valence-electron chi connectivity index (χ3n) is 5.12. The first-order chi connectivity index (χ1) is 16.3. The monoisotopic (exact) mass is 472 g/mol. The molecular formula is C25H24N6O2S. The van der Waals surface area contributed by atoms with E-state index in [0.29, 0.717) is 0 Å². The Labute approximate surface area is 199 Å². The van der Waals surface area contributed by atoms with Crippen LogP contribution in [0.25, 0.3) is 11.1 Å². The molecule has 1 N–H and O–H groups in total.